The quantitative estimate of drug-likeness (QED) is 0.828. The normalized spacial score (nSPS) is 10.7. The molecule has 1 aromatic rings. The Labute approximate surface area is 121 Å². The summed E-state index contributed by atoms with van der Waals surface area (Å²) in [5, 5.41) is 3.08. The number of amides is 1. The van der Waals surface area contributed by atoms with Crippen molar-refractivity contribution < 1.29 is 4.79 Å². The van der Waals surface area contributed by atoms with Crippen LogP contribution < -0.4 is 11.1 Å². The third-order valence-electron chi connectivity index (χ3n) is 3.07. The van der Waals surface area contributed by atoms with E-state index in [1.165, 1.54) is 0 Å². The van der Waals surface area contributed by atoms with E-state index in [9.17, 15) is 4.79 Å². The number of nitrogens with two attached hydrogens (primary N) is 1. The maximum Gasteiger partial charge on any atom is 0.252 e. The predicted molar refractivity (Wildman–Crippen MR) is 83.6 cm³/mol. The molecule has 0 aromatic heterocycles. The van der Waals surface area contributed by atoms with Crippen LogP contribution in [0.25, 0.3) is 0 Å². The molecule has 0 radical (unpaired) electrons. The Kier molecular flexibility index (Phi) is 5.79. The first kappa shape index (κ1) is 16.3. The number of nitrogens with one attached hydrogen (secondary N) is 1. The van der Waals surface area contributed by atoms with Gasteiger partial charge in [-0.3, -0.25) is 4.79 Å². The zero-order valence-corrected chi connectivity index (χ0v) is 12.8. The van der Waals surface area contributed by atoms with Gasteiger partial charge in [0.15, 0.2) is 0 Å². The summed E-state index contributed by atoms with van der Waals surface area (Å²) in [6, 6.07) is 5.70. The Morgan fingerprint density at radius 2 is 2.10 bits per heavy atom. The molecule has 20 heavy (non-hydrogen) atoms. The molecule has 1 aromatic carbocycles. The number of carbonyl (C=O) groups excluding carboxylic acids is 1. The smallest absolute Gasteiger partial charge is 0.252 e. The van der Waals surface area contributed by atoms with Crippen LogP contribution >= 0.6 is 0 Å². The molecule has 0 heterocycles. The average molecular weight is 272 g/mol. The maximum atomic E-state index is 12.5. The summed E-state index contributed by atoms with van der Waals surface area (Å²) in [6.45, 7) is 8.44. The van der Waals surface area contributed by atoms with Crippen molar-refractivity contribution in [2.45, 2.75) is 46.1 Å². The van der Waals surface area contributed by atoms with Gasteiger partial charge in [-0.2, -0.15) is 0 Å². The number of benzene rings is 1. The monoisotopic (exact) mass is 272 g/mol. The van der Waals surface area contributed by atoms with Crippen molar-refractivity contribution in [2.24, 2.45) is 5.73 Å². The second-order valence-electron chi connectivity index (χ2n) is 5.64. The fourth-order valence-corrected chi connectivity index (χ4v) is 2.16. The standard InChI is InChI=1S/C17H24N2O/c1-5-10-17(3,4)19-16(20)15-12-13(2)8-9-14(15)7-6-11-18/h8-9,12H,5,10-11,18H2,1-4H3,(H,19,20). The van der Waals surface area contributed by atoms with Crippen LogP contribution in [0.5, 0.6) is 0 Å². The first-order chi connectivity index (χ1) is 9.39. The first-order valence-electron chi connectivity index (χ1n) is 7.01. The van der Waals surface area contributed by atoms with E-state index in [2.05, 4.69) is 24.1 Å². The Hall–Kier alpha value is -1.79. The first-order valence-corrected chi connectivity index (χ1v) is 7.01. The SMILES string of the molecule is CCCC(C)(C)NC(=O)c1cc(C)ccc1C#CCN. The summed E-state index contributed by atoms with van der Waals surface area (Å²) in [5.74, 6) is 5.69. The average Bonchev–Trinajstić information content (AvgIpc) is 2.36. The lowest BCUT2D eigenvalue weighted by molar-refractivity contribution is 0.0908. The largest absolute Gasteiger partial charge is 0.347 e. The summed E-state index contributed by atoms with van der Waals surface area (Å²) >= 11 is 0. The van der Waals surface area contributed by atoms with Gasteiger partial charge < -0.3 is 11.1 Å². The molecule has 1 amide bonds. The zero-order chi connectivity index (χ0) is 15.2. The summed E-state index contributed by atoms with van der Waals surface area (Å²) < 4.78 is 0. The van der Waals surface area contributed by atoms with Crippen molar-refractivity contribution in [2.75, 3.05) is 6.54 Å². The van der Waals surface area contributed by atoms with Gasteiger partial charge in [-0.1, -0.05) is 36.8 Å². The van der Waals surface area contributed by atoms with Gasteiger partial charge in [-0.25, -0.2) is 0 Å². The van der Waals surface area contributed by atoms with Gasteiger partial charge in [0.1, 0.15) is 0 Å². The van der Waals surface area contributed by atoms with E-state index < -0.39 is 0 Å². The van der Waals surface area contributed by atoms with E-state index in [0.29, 0.717) is 5.56 Å². The molecule has 0 fully saturated rings. The Morgan fingerprint density at radius 1 is 1.40 bits per heavy atom. The molecule has 1 rings (SSSR count). The molecular formula is C17H24N2O. The highest BCUT2D eigenvalue weighted by molar-refractivity contribution is 5.97. The number of aryl methyl sites for hydroxylation is 1. The van der Waals surface area contributed by atoms with E-state index in [1.807, 2.05) is 39.0 Å². The van der Waals surface area contributed by atoms with Crippen LogP contribution in [0.2, 0.25) is 0 Å². The second kappa shape index (κ2) is 7.12. The molecule has 0 bridgehead atoms. The second-order valence-corrected chi connectivity index (χ2v) is 5.64. The van der Waals surface area contributed by atoms with Crippen LogP contribution in [0.3, 0.4) is 0 Å². The van der Waals surface area contributed by atoms with Crippen molar-refractivity contribution in [3.8, 4) is 11.8 Å². The van der Waals surface area contributed by atoms with Crippen molar-refractivity contribution in [3.05, 3.63) is 34.9 Å². The summed E-state index contributed by atoms with van der Waals surface area (Å²) in [7, 11) is 0. The minimum Gasteiger partial charge on any atom is -0.347 e. The lowest BCUT2D eigenvalue weighted by atomic mass is 9.97. The topological polar surface area (TPSA) is 55.1 Å². The molecule has 0 saturated heterocycles. The van der Waals surface area contributed by atoms with E-state index in [-0.39, 0.29) is 18.0 Å². The maximum absolute atomic E-state index is 12.5. The van der Waals surface area contributed by atoms with Crippen molar-refractivity contribution >= 4 is 5.91 Å². The number of hydrogen-bond acceptors (Lipinski definition) is 2. The van der Waals surface area contributed by atoms with Crippen LogP contribution in [0.1, 0.15) is 55.1 Å². The van der Waals surface area contributed by atoms with Gasteiger partial charge in [0.25, 0.3) is 5.91 Å². The molecule has 3 heteroatoms. The predicted octanol–water partition coefficient (Wildman–Crippen LogP) is 2.61. The highest BCUT2D eigenvalue weighted by atomic mass is 16.1. The molecule has 108 valence electrons. The van der Waals surface area contributed by atoms with Crippen LogP contribution in [-0.4, -0.2) is 18.0 Å². The number of rotatable bonds is 4. The summed E-state index contributed by atoms with van der Waals surface area (Å²) in [6.07, 6.45) is 1.97. The minimum atomic E-state index is -0.214. The lowest BCUT2D eigenvalue weighted by Crippen LogP contribution is -2.43. The third kappa shape index (κ3) is 4.71. The molecule has 0 saturated carbocycles. The lowest BCUT2D eigenvalue weighted by Gasteiger charge is -2.26. The highest BCUT2D eigenvalue weighted by Crippen LogP contribution is 2.15. The Morgan fingerprint density at radius 3 is 2.70 bits per heavy atom. The summed E-state index contributed by atoms with van der Waals surface area (Å²) in [5.41, 5.74) is 7.58. The molecule has 0 aliphatic carbocycles. The molecule has 0 spiro atoms. The number of hydrogen-bond donors (Lipinski definition) is 2. The van der Waals surface area contributed by atoms with E-state index in [0.717, 1.165) is 24.0 Å². The highest BCUT2D eigenvalue weighted by Gasteiger charge is 2.21. The molecule has 0 unspecified atom stereocenters. The molecule has 0 aliphatic heterocycles. The Balaban J connectivity index is 3.05. The van der Waals surface area contributed by atoms with Gasteiger partial charge in [0.05, 0.1) is 12.1 Å². The number of carbonyl (C=O) groups is 1. The molecule has 0 atom stereocenters. The zero-order valence-electron chi connectivity index (χ0n) is 12.8. The van der Waals surface area contributed by atoms with Crippen LogP contribution in [0.15, 0.2) is 18.2 Å². The van der Waals surface area contributed by atoms with Gasteiger partial charge in [-0.15, -0.1) is 0 Å². The van der Waals surface area contributed by atoms with Crippen molar-refractivity contribution in [1.82, 2.24) is 5.32 Å². The van der Waals surface area contributed by atoms with E-state index in [4.69, 9.17) is 5.73 Å². The van der Waals surface area contributed by atoms with Crippen LogP contribution in [0.4, 0.5) is 0 Å². The summed E-state index contributed by atoms with van der Waals surface area (Å²) in [4.78, 5) is 12.5. The molecule has 0 aliphatic rings. The van der Waals surface area contributed by atoms with Gasteiger partial charge >= 0.3 is 0 Å². The third-order valence-corrected chi connectivity index (χ3v) is 3.07. The van der Waals surface area contributed by atoms with Crippen molar-refractivity contribution in [3.63, 3.8) is 0 Å². The molecular weight excluding hydrogens is 248 g/mol. The molecule has 3 nitrogen and oxygen atoms in total. The van der Waals surface area contributed by atoms with Gasteiger partial charge in [0.2, 0.25) is 0 Å². The fraction of sp³-hybridized carbons (Fsp3) is 0.471. The van der Waals surface area contributed by atoms with Gasteiger partial charge in [-0.05, 0) is 39.3 Å². The van der Waals surface area contributed by atoms with Crippen LogP contribution in [-0.2, 0) is 0 Å². The Bertz CT molecular complexity index is 536. The fourth-order valence-electron chi connectivity index (χ4n) is 2.16. The van der Waals surface area contributed by atoms with Crippen molar-refractivity contribution in [1.29, 1.82) is 0 Å². The van der Waals surface area contributed by atoms with E-state index in [1.54, 1.807) is 0 Å². The molecule has 3 N–H and O–H groups in total. The minimum absolute atomic E-state index is 0.0755. The van der Waals surface area contributed by atoms with E-state index >= 15 is 0 Å². The van der Waals surface area contributed by atoms with Gasteiger partial charge in [0, 0.05) is 11.1 Å². The van der Waals surface area contributed by atoms with Crippen LogP contribution in [0, 0.1) is 18.8 Å².